The van der Waals surface area contributed by atoms with Crippen molar-refractivity contribution in [1.82, 2.24) is 9.88 Å². The van der Waals surface area contributed by atoms with Crippen LogP contribution >= 0.6 is 11.9 Å². The van der Waals surface area contributed by atoms with Crippen LogP contribution in [0.5, 0.6) is 11.5 Å². The predicted octanol–water partition coefficient (Wildman–Crippen LogP) is 5.25. The van der Waals surface area contributed by atoms with Gasteiger partial charge in [0.1, 0.15) is 12.4 Å². The molecule has 1 aliphatic rings. The van der Waals surface area contributed by atoms with Crippen molar-refractivity contribution in [3.05, 3.63) is 90.6 Å². The second-order valence-electron chi connectivity index (χ2n) is 7.70. The molecule has 2 N–H and O–H groups in total. The van der Waals surface area contributed by atoms with Gasteiger partial charge in [0.2, 0.25) is 0 Å². The number of pyridine rings is 1. The third kappa shape index (κ3) is 6.03. The van der Waals surface area contributed by atoms with Crippen LogP contribution in [0, 0.1) is 0 Å². The van der Waals surface area contributed by atoms with E-state index in [0.29, 0.717) is 11.3 Å². The topological polar surface area (TPSA) is 74.7 Å². The Morgan fingerprint density at radius 3 is 2.52 bits per heavy atom. The second-order valence-corrected chi connectivity index (χ2v) is 8.55. The number of nitrogens with one attached hydrogen (secondary N) is 1. The summed E-state index contributed by atoms with van der Waals surface area (Å²) < 4.78 is 8.82. The van der Waals surface area contributed by atoms with E-state index in [1.807, 2.05) is 55.6 Å². The number of anilines is 1. The zero-order chi connectivity index (χ0) is 23.0. The summed E-state index contributed by atoms with van der Waals surface area (Å²) in [5.74, 6) is 0.803. The molecule has 6 nitrogen and oxygen atoms in total. The predicted molar refractivity (Wildman–Crippen MR) is 133 cm³/mol. The molecule has 0 amide bonds. The maximum Gasteiger partial charge on any atom is 0.161 e. The molecular weight excluding hydrogens is 434 g/mol. The van der Waals surface area contributed by atoms with E-state index >= 15 is 0 Å². The molecule has 168 valence electrons. The number of aldehydes is 1. The Morgan fingerprint density at radius 2 is 1.79 bits per heavy atom. The van der Waals surface area contributed by atoms with E-state index in [1.54, 1.807) is 36.5 Å². The van der Waals surface area contributed by atoms with Crippen LogP contribution in [-0.4, -0.2) is 47.5 Å². The smallest absolute Gasteiger partial charge is 0.161 e. The summed E-state index contributed by atoms with van der Waals surface area (Å²) in [6, 6.07) is 24.5. The summed E-state index contributed by atoms with van der Waals surface area (Å²) >= 11 is 1.52. The molecule has 1 saturated heterocycles. The quantitative estimate of drug-likeness (QED) is 0.301. The number of para-hydroxylation sites is 3. The summed E-state index contributed by atoms with van der Waals surface area (Å²) in [4.78, 5) is 18.3. The molecule has 5 rings (SSSR count). The highest BCUT2D eigenvalue weighted by molar-refractivity contribution is 8.00. The molecule has 1 aromatic heterocycles. The van der Waals surface area contributed by atoms with Crippen molar-refractivity contribution in [2.24, 2.45) is 0 Å². The Kier molecular flexibility index (Phi) is 7.44. The Balaban J connectivity index is 0.000000172. The number of benzene rings is 3. The average Bonchev–Trinajstić information content (AvgIpc) is 2.84. The first-order chi connectivity index (χ1) is 16.1. The molecule has 0 unspecified atom stereocenters. The van der Waals surface area contributed by atoms with Crippen molar-refractivity contribution in [1.29, 1.82) is 0 Å². The summed E-state index contributed by atoms with van der Waals surface area (Å²) in [6.07, 6.45) is 2.87. The second kappa shape index (κ2) is 10.8. The van der Waals surface area contributed by atoms with Gasteiger partial charge in [-0.1, -0.05) is 30.3 Å². The molecule has 33 heavy (non-hydrogen) atoms. The van der Waals surface area contributed by atoms with E-state index in [0.717, 1.165) is 40.9 Å². The Hall–Kier alpha value is -3.55. The number of ether oxygens (including phenoxy) is 1. The molecule has 0 radical (unpaired) electrons. The molecule has 7 heteroatoms. The summed E-state index contributed by atoms with van der Waals surface area (Å²) in [7, 11) is 2.05. The minimum absolute atomic E-state index is 0.219. The fourth-order valence-electron chi connectivity index (χ4n) is 3.35. The lowest BCUT2D eigenvalue weighted by molar-refractivity contribution is 0.0370. The number of hydrogen-bond acceptors (Lipinski definition) is 7. The van der Waals surface area contributed by atoms with Crippen LogP contribution in [0.1, 0.15) is 10.4 Å². The Labute approximate surface area is 197 Å². The summed E-state index contributed by atoms with van der Waals surface area (Å²) in [5.41, 5.74) is 2.61. The van der Waals surface area contributed by atoms with Crippen LogP contribution in [-0.2, 0) is 0 Å². The highest BCUT2D eigenvalue weighted by Crippen LogP contribution is 2.28. The minimum atomic E-state index is 0.219. The van der Waals surface area contributed by atoms with E-state index < -0.39 is 0 Å². The number of phenols is 1. The lowest BCUT2D eigenvalue weighted by Gasteiger charge is -2.36. The molecule has 4 aromatic rings. The van der Waals surface area contributed by atoms with Gasteiger partial charge in [-0.2, -0.15) is 0 Å². The van der Waals surface area contributed by atoms with E-state index in [-0.39, 0.29) is 11.9 Å². The number of fused-ring (bicyclic) bond motifs is 1. The van der Waals surface area contributed by atoms with Crippen LogP contribution in [0.3, 0.4) is 0 Å². The van der Waals surface area contributed by atoms with Crippen LogP contribution in [0.4, 0.5) is 5.69 Å². The Morgan fingerprint density at radius 1 is 1.03 bits per heavy atom. The number of carbonyl (C=O) groups excluding carboxylic acids is 1. The SMILES string of the molecule is CN1CC(Oc2ccccc2O)C1.O=Cc1ccc(NSc2cccc3cccnc23)cc1. The van der Waals surface area contributed by atoms with Crippen LogP contribution in [0.2, 0.25) is 0 Å². The first-order valence-corrected chi connectivity index (χ1v) is 11.4. The molecule has 0 saturated carbocycles. The largest absolute Gasteiger partial charge is 0.504 e. The first-order valence-electron chi connectivity index (χ1n) is 10.6. The Bertz CT molecular complexity index is 1210. The zero-order valence-corrected chi connectivity index (χ0v) is 19.0. The number of rotatable bonds is 6. The highest BCUT2D eigenvalue weighted by Gasteiger charge is 2.25. The lowest BCUT2D eigenvalue weighted by atomic mass is 10.2. The maximum absolute atomic E-state index is 10.6. The number of carbonyl (C=O) groups is 1. The average molecular weight is 460 g/mol. The molecule has 0 aliphatic carbocycles. The molecular formula is C26H25N3O3S. The van der Waals surface area contributed by atoms with Gasteiger partial charge in [0.05, 0.1) is 10.4 Å². The van der Waals surface area contributed by atoms with Gasteiger partial charge >= 0.3 is 0 Å². The van der Waals surface area contributed by atoms with Crippen LogP contribution in [0.25, 0.3) is 10.9 Å². The van der Waals surface area contributed by atoms with Crippen LogP contribution in [0.15, 0.2) is 90.0 Å². The monoisotopic (exact) mass is 459 g/mol. The molecule has 3 aromatic carbocycles. The van der Waals surface area contributed by atoms with Crippen molar-refractivity contribution in [3.63, 3.8) is 0 Å². The lowest BCUT2D eigenvalue weighted by Crippen LogP contribution is -2.51. The molecule has 1 fully saturated rings. The van der Waals surface area contributed by atoms with Gasteiger partial charge < -0.3 is 14.6 Å². The van der Waals surface area contributed by atoms with E-state index in [1.165, 1.54) is 11.9 Å². The van der Waals surface area contributed by atoms with E-state index in [2.05, 4.69) is 14.6 Å². The van der Waals surface area contributed by atoms with Crippen molar-refractivity contribution in [3.8, 4) is 11.5 Å². The maximum atomic E-state index is 10.6. The number of phenolic OH excluding ortho intramolecular Hbond substituents is 1. The van der Waals surface area contributed by atoms with Gasteiger partial charge in [-0.05, 0) is 67.5 Å². The number of likely N-dealkylation sites (tertiary alicyclic amines) is 1. The number of aromatic hydroxyl groups is 1. The summed E-state index contributed by atoms with van der Waals surface area (Å²) in [6.45, 7) is 1.88. The van der Waals surface area contributed by atoms with Crippen molar-refractivity contribution in [2.75, 3.05) is 24.9 Å². The number of likely N-dealkylation sites (N-methyl/N-ethyl adjacent to an activating group) is 1. The fourth-order valence-corrected chi connectivity index (χ4v) is 4.13. The normalized spacial score (nSPS) is 13.5. The van der Waals surface area contributed by atoms with Crippen LogP contribution < -0.4 is 9.46 Å². The van der Waals surface area contributed by atoms with Gasteiger partial charge in [-0.3, -0.25) is 14.7 Å². The highest BCUT2D eigenvalue weighted by atomic mass is 32.2. The number of hydrogen-bond donors (Lipinski definition) is 2. The van der Waals surface area contributed by atoms with Crippen molar-refractivity contribution >= 4 is 34.8 Å². The number of aromatic nitrogens is 1. The van der Waals surface area contributed by atoms with Gasteiger partial charge in [-0.15, -0.1) is 0 Å². The third-order valence-electron chi connectivity index (χ3n) is 5.11. The van der Waals surface area contributed by atoms with Crippen molar-refractivity contribution < 1.29 is 14.6 Å². The van der Waals surface area contributed by atoms with Gasteiger partial charge in [0.15, 0.2) is 11.5 Å². The zero-order valence-electron chi connectivity index (χ0n) is 18.2. The molecule has 2 heterocycles. The fraction of sp³-hybridized carbons (Fsp3) is 0.154. The minimum Gasteiger partial charge on any atom is -0.504 e. The molecule has 0 atom stereocenters. The van der Waals surface area contributed by atoms with Gasteiger partial charge in [-0.25, -0.2) is 0 Å². The summed E-state index contributed by atoms with van der Waals surface area (Å²) in [5, 5.41) is 10.5. The van der Waals surface area contributed by atoms with Gasteiger partial charge in [0.25, 0.3) is 0 Å². The van der Waals surface area contributed by atoms with Crippen molar-refractivity contribution in [2.45, 2.75) is 11.0 Å². The molecule has 1 aliphatic heterocycles. The van der Waals surface area contributed by atoms with E-state index in [4.69, 9.17) is 4.74 Å². The van der Waals surface area contributed by atoms with E-state index in [9.17, 15) is 9.90 Å². The first kappa shape index (κ1) is 22.6. The standard InChI is InChI=1S/C16H12N2OS.C10H13NO2/c19-11-12-6-8-14(9-7-12)18-20-15-5-1-3-13-4-2-10-17-16(13)15;1-11-6-8(7-11)13-10-5-3-2-4-9(10)12/h1-11,18H;2-5,8,12H,6-7H2,1H3. The third-order valence-corrected chi connectivity index (χ3v) is 6.00. The number of nitrogens with zero attached hydrogens (tertiary/aromatic N) is 2. The molecule has 0 spiro atoms. The van der Waals surface area contributed by atoms with Gasteiger partial charge in [0, 0.05) is 35.9 Å². The molecule has 0 bridgehead atoms.